The van der Waals surface area contributed by atoms with Gasteiger partial charge in [0.1, 0.15) is 0 Å². The molecule has 92 valence electrons. The van der Waals surface area contributed by atoms with Crippen molar-refractivity contribution in [3.05, 3.63) is 35.9 Å². The summed E-state index contributed by atoms with van der Waals surface area (Å²) in [6.07, 6.45) is 0. The highest BCUT2D eigenvalue weighted by molar-refractivity contribution is 6.78. The average molecular weight is 244 g/mol. The summed E-state index contributed by atoms with van der Waals surface area (Å²) in [6.45, 7) is 13.7. The van der Waals surface area contributed by atoms with Gasteiger partial charge in [0, 0.05) is 11.0 Å². The Hall–Kier alpha value is -1.00. The molecule has 0 bridgehead atoms. The van der Waals surface area contributed by atoms with Crippen LogP contribution >= 0.6 is 0 Å². The van der Waals surface area contributed by atoms with E-state index in [9.17, 15) is 0 Å². The minimum Gasteiger partial charge on any atom is -0.0978 e. The Labute approximate surface area is 107 Å². The minimum atomic E-state index is -1.30. The molecule has 1 rings (SSSR count). The Balaban J connectivity index is 3.10. The normalized spacial score (nSPS) is 13.8. The standard InChI is InChI=1S/C16H24Si/c1-16(2,3)13-12-15(17(4,5)6)14-10-8-7-9-11-14/h7-11,15H,1-6H3. The first-order valence-electron chi connectivity index (χ1n) is 6.28. The van der Waals surface area contributed by atoms with Crippen molar-refractivity contribution in [2.75, 3.05) is 0 Å². The topological polar surface area (TPSA) is 0 Å². The highest BCUT2D eigenvalue weighted by Crippen LogP contribution is 2.27. The summed E-state index contributed by atoms with van der Waals surface area (Å²) in [5, 5.41) is 0. The van der Waals surface area contributed by atoms with Gasteiger partial charge in [0.15, 0.2) is 0 Å². The molecule has 0 aliphatic carbocycles. The molecule has 0 fully saturated rings. The number of hydrogen-bond acceptors (Lipinski definition) is 0. The minimum absolute atomic E-state index is 0.0900. The highest BCUT2D eigenvalue weighted by Gasteiger charge is 2.26. The smallest absolute Gasteiger partial charge is 0.0668 e. The molecule has 0 heterocycles. The maximum Gasteiger partial charge on any atom is 0.0668 e. The first-order valence-corrected chi connectivity index (χ1v) is 9.85. The lowest BCUT2D eigenvalue weighted by Gasteiger charge is -2.25. The third-order valence-electron chi connectivity index (χ3n) is 2.59. The van der Waals surface area contributed by atoms with Gasteiger partial charge in [-0.25, -0.2) is 0 Å². The predicted molar refractivity (Wildman–Crippen MR) is 79.8 cm³/mol. The van der Waals surface area contributed by atoms with Crippen molar-refractivity contribution in [3.63, 3.8) is 0 Å². The Bertz CT molecular complexity index is 407. The molecule has 17 heavy (non-hydrogen) atoms. The van der Waals surface area contributed by atoms with Crippen molar-refractivity contribution in [1.29, 1.82) is 0 Å². The van der Waals surface area contributed by atoms with Gasteiger partial charge in [0.25, 0.3) is 0 Å². The van der Waals surface area contributed by atoms with Crippen LogP contribution in [0.1, 0.15) is 31.9 Å². The van der Waals surface area contributed by atoms with Crippen LogP contribution < -0.4 is 0 Å². The lowest BCUT2D eigenvalue weighted by atomic mass is 9.97. The molecule has 1 unspecified atom stereocenters. The second-order valence-electron chi connectivity index (χ2n) is 6.73. The molecular weight excluding hydrogens is 220 g/mol. The molecule has 0 aliphatic heterocycles. The maximum atomic E-state index is 3.53. The lowest BCUT2D eigenvalue weighted by Crippen LogP contribution is -2.30. The van der Waals surface area contributed by atoms with Gasteiger partial charge >= 0.3 is 0 Å². The quantitative estimate of drug-likeness (QED) is 0.522. The SMILES string of the molecule is CC(C)(C)C#CC(c1ccccc1)[Si](C)(C)C. The van der Waals surface area contributed by atoms with E-state index in [1.807, 2.05) is 0 Å². The van der Waals surface area contributed by atoms with Gasteiger partial charge in [-0.05, 0) is 26.3 Å². The van der Waals surface area contributed by atoms with E-state index in [2.05, 4.69) is 82.6 Å². The average Bonchev–Trinajstić information content (AvgIpc) is 2.15. The van der Waals surface area contributed by atoms with Gasteiger partial charge in [-0.2, -0.15) is 0 Å². The molecule has 1 aromatic rings. The van der Waals surface area contributed by atoms with Crippen molar-refractivity contribution < 1.29 is 0 Å². The number of hydrogen-bond donors (Lipinski definition) is 0. The maximum absolute atomic E-state index is 3.53. The van der Waals surface area contributed by atoms with Crippen LogP contribution in [0.25, 0.3) is 0 Å². The summed E-state index contributed by atoms with van der Waals surface area (Å²) in [6, 6.07) is 10.7. The van der Waals surface area contributed by atoms with Gasteiger partial charge in [-0.3, -0.25) is 0 Å². The first kappa shape index (κ1) is 14.1. The second-order valence-corrected chi connectivity index (χ2v) is 12.0. The Morgan fingerprint density at radius 2 is 1.53 bits per heavy atom. The lowest BCUT2D eigenvalue weighted by molar-refractivity contribution is 0.570. The van der Waals surface area contributed by atoms with E-state index in [0.717, 1.165) is 0 Å². The molecule has 1 atom stereocenters. The third-order valence-corrected chi connectivity index (χ3v) is 4.80. The van der Waals surface area contributed by atoms with Crippen LogP contribution in [-0.4, -0.2) is 8.07 Å². The first-order chi connectivity index (χ1) is 7.70. The van der Waals surface area contributed by atoms with E-state index in [-0.39, 0.29) is 5.41 Å². The summed E-state index contributed by atoms with van der Waals surface area (Å²) in [7, 11) is -1.30. The monoisotopic (exact) mass is 244 g/mol. The highest BCUT2D eigenvalue weighted by atomic mass is 28.3. The molecule has 0 spiro atoms. The number of benzene rings is 1. The van der Waals surface area contributed by atoms with Crippen LogP contribution in [0.3, 0.4) is 0 Å². The van der Waals surface area contributed by atoms with Crippen LogP contribution in [0.2, 0.25) is 19.6 Å². The summed E-state index contributed by atoms with van der Waals surface area (Å²) >= 11 is 0. The van der Waals surface area contributed by atoms with E-state index >= 15 is 0 Å². The fourth-order valence-electron chi connectivity index (χ4n) is 1.73. The fourth-order valence-corrected chi connectivity index (χ4v) is 3.43. The molecule has 0 aliphatic rings. The van der Waals surface area contributed by atoms with Gasteiger partial charge in [-0.1, -0.05) is 61.8 Å². The van der Waals surface area contributed by atoms with Crippen molar-refractivity contribution in [1.82, 2.24) is 0 Å². The molecule has 0 saturated carbocycles. The van der Waals surface area contributed by atoms with Crippen LogP contribution in [0.4, 0.5) is 0 Å². The second kappa shape index (κ2) is 5.10. The zero-order chi connectivity index (χ0) is 13.1. The van der Waals surface area contributed by atoms with E-state index in [4.69, 9.17) is 0 Å². The predicted octanol–water partition coefficient (Wildman–Crippen LogP) is 4.70. The Morgan fingerprint density at radius 1 is 1.00 bits per heavy atom. The molecule has 0 saturated heterocycles. The molecule has 0 nitrogen and oxygen atoms in total. The van der Waals surface area contributed by atoms with Crippen molar-refractivity contribution in [2.45, 2.75) is 46.0 Å². The molecule has 1 aromatic carbocycles. The molecule has 0 radical (unpaired) electrons. The van der Waals surface area contributed by atoms with E-state index in [1.165, 1.54) is 5.56 Å². The van der Waals surface area contributed by atoms with Crippen LogP contribution in [0.5, 0.6) is 0 Å². The largest absolute Gasteiger partial charge is 0.0978 e. The molecule has 0 N–H and O–H groups in total. The van der Waals surface area contributed by atoms with Gasteiger partial charge in [-0.15, -0.1) is 0 Å². The van der Waals surface area contributed by atoms with E-state index < -0.39 is 8.07 Å². The van der Waals surface area contributed by atoms with Crippen molar-refractivity contribution in [3.8, 4) is 11.8 Å². The van der Waals surface area contributed by atoms with Gasteiger partial charge < -0.3 is 0 Å². The van der Waals surface area contributed by atoms with Gasteiger partial charge in [0.2, 0.25) is 0 Å². The molecular formula is C16H24Si. The van der Waals surface area contributed by atoms with Gasteiger partial charge in [0.05, 0.1) is 8.07 Å². The molecule has 0 amide bonds. The van der Waals surface area contributed by atoms with E-state index in [1.54, 1.807) is 0 Å². The van der Waals surface area contributed by atoms with Crippen LogP contribution in [-0.2, 0) is 0 Å². The third kappa shape index (κ3) is 4.79. The van der Waals surface area contributed by atoms with Crippen LogP contribution in [0, 0.1) is 17.3 Å². The summed E-state index contributed by atoms with van der Waals surface area (Å²) in [4.78, 5) is 0. The number of rotatable bonds is 2. The fraction of sp³-hybridized carbons (Fsp3) is 0.500. The Morgan fingerprint density at radius 3 is 1.94 bits per heavy atom. The molecule has 1 heteroatoms. The van der Waals surface area contributed by atoms with Crippen LogP contribution in [0.15, 0.2) is 30.3 Å². The molecule has 0 aromatic heterocycles. The van der Waals surface area contributed by atoms with Crippen molar-refractivity contribution in [2.24, 2.45) is 5.41 Å². The summed E-state index contributed by atoms with van der Waals surface area (Å²) in [5.74, 6) is 6.94. The van der Waals surface area contributed by atoms with Crippen molar-refractivity contribution >= 4 is 8.07 Å². The zero-order valence-electron chi connectivity index (χ0n) is 12.0. The summed E-state index contributed by atoms with van der Waals surface area (Å²) < 4.78 is 0. The summed E-state index contributed by atoms with van der Waals surface area (Å²) in [5.41, 5.74) is 1.90. The van der Waals surface area contributed by atoms with E-state index in [0.29, 0.717) is 5.54 Å². The zero-order valence-corrected chi connectivity index (χ0v) is 13.0. The Kier molecular flexibility index (Phi) is 4.22.